The van der Waals surface area contributed by atoms with E-state index in [0.717, 1.165) is 0 Å². The molecule has 8 heteroatoms. The Hall–Kier alpha value is -3.55. The third-order valence-electron chi connectivity index (χ3n) is 3.55. The largest absolute Gasteiger partial charge is 0.342 e. The molecule has 1 aromatic carbocycles. The molecule has 3 aromatic rings. The normalized spacial score (nSPS) is 10.4. The molecule has 2 aromatic heterocycles. The molecule has 8 nitrogen and oxygen atoms in total. The predicted octanol–water partition coefficient (Wildman–Crippen LogP) is 0.251. The SMILES string of the molecule is O=C(NCc1ccccn1)C(=O)NCc1n[nH]c(=O)c2ccccc12. The molecule has 25 heavy (non-hydrogen) atoms. The Morgan fingerprint density at radius 2 is 1.60 bits per heavy atom. The zero-order chi connectivity index (χ0) is 17.6. The highest BCUT2D eigenvalue weighted by Crippen LogP contribution is 2.11. The third kappa shape index (κ3) is 3.86. The predicted molar refractivity (Wildman–Crippen MR) is 90.3 cm³/mol. The van der Waals surface area contributed by atoms with E-state index in [1.807, 2.05) is 0 Å². The highest BCUT2D eigenvalue weighted by atomic mass is 16.2. The number of pyridine rings is 1. The summed E-state index contributed by atoms with van der Waals surface area (Å²) < 4.78 is 0. The minimum atomic E-state index is -0.784. The molecule has 0 aliphatic rings. The molecule has 0 aliphatic carbocycles. The monoisotopic (exact) mass is 337 g/mol. The van der Waals surface area contributed by atoms with Gasteiger partial charge in [-0.25, -0.2) is 5.10 Å². The standard InChI is InChI=1S/C17H15N5O3/c23-15-13-7-2-1-6-12(13)14(21-22-15)10-20-17(25)16(24)19-9-11-5-3-4-8-18-11/h1-8H,9-10H2,(H,19,24)(H,20,25)(H,22,23). The Bertz CT molecular complexity index is 969. The Morgan fingerprint density at radius 3 is 2.32 bits per heavy atom. The fraction of sp³-hybridized carbons (Fsp3) is 0.118. The highest BCUT2D eigenvalue weighted by Gasteiger charge is 2.14. The van der Waals surface area contributed by atoms with Crippen molar-refractivity contribution in [1.82, 2.24) is 25.8 Å². The first-order chi connectivity index (χ1) is 12.1. The number of benzene rings is 1. The number of nitrogens with one attached hydrogen (secondary N) is 3. The summed E-state index contributed by atoms with van der Waals surface area (Å²) in [4.78, 5) is 39.5. The molecule has 0 spiro atoms. The van der Waals surface area contributed by atoms with Gasteiger partial charge in [-0.1, -0.05) is 24.3 Å². The molecule has 2 amide bonds. The lowest BCUT2D eigenvalue weighted by atomic mass is 10.1. The zero-order valence-electron chi connectivity index (χ0n) is 13.2. The van der Waals surface area contributed by atoms with Gasteiger partial charge in [-0.3, -0.25) is 19.4 Å². The molecule has 3 rings (SSSR count). The van der Waals surface area contributed by atoms with Crippen LogP contribution in [0.4, 0.5) is 0 Å². The minimum Gasteiger partial charge on any atom is -0.342 e. The highest BCUT2D eigenvalue weighted by molar-refractivity contribution is 6.35. The molecule has 2 heterocycles. The quantitative estimate of drug-likeness (QED) is 0.590. The van der Waals surface area contributed by atoms with Crippen LogP contribution in [0.1, 0.15) is 11.4 Å². The summed E-state index contributed by atoms with van der Waals surface area (Å²) in [6.45, 7) is 0.181. The van der Waals surface area contributed by atoms with Crippen LogP contribution in [0.15, 0.2) is 53.5 Å². The van der Waals surface area contributed by atoms with Crippen LogP contribution in [0.25, 0.3) is 10.8 Å². The maximum Gasteiger partial charge on any atom is 0.309 e. The van der Waals surface area contributed by atoms with Crippen LogP contribution in [0.2, 0.25) is 0 Å². The van der Waals surface area contributed by atoms with Gasteiger partial charge in [0.2, 0.25) is 0 Å². The van der Waals surface area contributed by atoms with Gasteiger partial charge in [0, 0.05) is 11.6 Å². The fourth-order valence-corrected chi connectivity index (χ4v) is 2.30. The molecule has 0 saturated heterocycles. The fourth-order valence-electron chi connectivity index (χ4n) is 2.30. The number of amides is 2. The smallest absolute Gasteiger partial charge is 0.309 e. The van der Waals surface area contributed by atoms with Crippen molar-refractivity contribution in [2.75, 3.05) is 0 Å². The maximum absolute atomic E-state index is 11.9. The van der Waals surface area contributed by atoms with Crippen molar-refractivity contribution in [1.29, 1.82) is 0 Å². The molecule has 126 valence electrons. The van der Waals surface area contributed by atoms with E-state index >= 15 is 0 Å². The van der Waals surface area contributed by atoms with E-state index in [0.29, 0.717) is 22.2 Å². The van der Waals surface area contributed by atoms with Gasteiger partial charge in [0.15, 0.2) is 0 Å². The number of carbonyl (C=O) groups is 2. The van der Waals surface area contributed by atoms with Crippen molar-refractivity contribution in [3.63, 3.8) is 0 Å². The second-order valence-electron chi connectivity index (χ2n) is 5.23. The van der Waals surface area contributed by atoms with Gasteiger partial charge in [0.1, 0.15) is 0 Å². The van der Waals surface area contributed by atoms with E-state index in [9.17, 15) is 14.4 Å². The second-order valence-corrected chi connectivity index (χ2v) is 5.23. The topological polar surface area (TPSA) is 117 Å². The van der Waals surface area contributed by atoms with Gasteiger partial charge >= 0.3 is 11.8 Å². The molecule has 0 atom stereocenters. The summed E-state index contributed by atoms with van der Waals surface area (Å²) in [7, 11) is 0. The molecular weight excluding hydrogens is 322 g/mol. The first-order valence-corrected chi connectivity index (χ1v) is 7.57. The number of hydrogen-bond acceptors (Lipinski definition) is 5. The van der Waals surface area contributed by atoms with E-state index in [1.54, 1.807) is 48.7 Å². The van der Waals surface area contributed by atoms with Gasteiger partial charge in [-0.2, -0.15) is 5.10 Å². The van der Waals surface area contributed by atoms with Crippen molar-refractivity contribution in [2.45, 2.75) is 13.1 Å². The molecular formula is C17H15N5O3. The third-order valence-corrected chi connectivity index (χ3v) is 3.55. The molecule has 0 aliphatic heterocycles. The van der Waals surface area contributed by atoms with Crippen LogP contribution in [-0.4, -0.2) is 27.0 Å². The van der Waals surface area contributed by atoms with Crippen molar-refractivity contribution in [3.8, 4) is 0 Å². The van der Waals surface area contributed by atoms with Crippen LogP contribution in [0.3, 0.4) is 0 Å². The number of rotatable bonds is 4. The summed E-state index contributed by atoms with van der Waals surface area (Å²) in [5.41, 5.74) is 0.816. The van der Waals surface area contributed by atoms with Crippen molar-refractivity contribution >= 4 is 22.6 Å². The minimum absolute atomic E-state index is 0.0210. The van der Waals surface area contributed by atoms with Crippen LogP contribution in [-0.2, 0) is 22.7 Å². The van der Waals surface area contributed by atoms with E-state index in [2.05, 4.69) is 25.8 Å². The van der Waals surface area contributed by atoms with Gasteiger partial charge in [0.05, 0.1) is 29.9 Å². The molecule has 0 fully saturated rings. The Kier molecular flexibility index (Phi) is 4.79. The maximum atomic E-state index is 11.9. The summed E-state index contributed by atoms with van der Waals surface area (Å²) >= 11 is 0. The molecule has 0 saturated carbocycles. The lowest BCUT2D eigenvalue weighted by molar-refractivity contribution is -0.139. The summed E-state index contributed by atoms with van der Waals surface area (Å²) in [5.74, 6) is -1.55. The van der Waals surface area contributed by atoms with E-state index in [-0.39, 0.29) is 18.6 Å². The average Bonchev–Trinajstić information content (AvgIpc) is 2.66. The van der Waals surface area contributed by atoms with E-state index < -0.39 is 11.8 Å². The van der Waals surface area contributed by atoms with Gasteiger partial charge < -0.3 is 10.6 Å². The molecule has 0 unspecified atom stereocenters. The number of fused-ring (bicyclic) bond motifs is 1. The van der Waals surface area contributed by atoms with Crippen molar-refractivity contribution < 1.29 is 9.59 Å². The van der Waals surface area contributed by atoms with Crippen molar-refractivity contribution in [2.24, 2.45) is 0 Å². The average molecular weight is 337 g/mol. The number of nitrogens with zero attached hydrogens (tertiary/aromatic N) is 2. The molecule has 3 N–H and O–H groups in total. The van der Waals surface area contributed by atoms with Gasteiger partial charge in [0.25, 0.3) is 5.56 Å². The first kappa shape index (κ1) is 16.3. The summed E-state index contributed by atoms with van der Waals surface area (Å²) in [6.07, 6.45) is 1.61. The summed E-state index contributed by atoms with van der Waals surface area (Å²) in [6, 6.07) is 12.2. The number of carbonyl (C=O) groups excluding carboxylic acids is 2. The van der Waals surface area contributed by atoms with E-state index in [1.165, 1.54) is 0 Å². The van der Waals surface area contributed by atoms with Crippen LogP contribution in [0, 0.1) is 0 Å². The lowest BCUT2D eigenvalue weighted by Gasteiger charge is -2.07. The Balaban J connectivity index is 1.62. The van der Waals surface area contributed by atoms with Crippen molar-refractivity contribution in [3.05, 3.63) is 70.4 Å². The van der Waals surface area contributed by atoms with Crippen LogP contribution in [0.5, 0.6) is 0 Å². The Labute approximate surface area is 142 Å². The zero-order valence-corrected chi connectivity index (χ0v) is 13.2. The molecule has 0 bridgehead atoms. The molecule has 0 radical (unpaired) electrons. The van der Waals surface area contributed by atoms with Gasteiger partial charge in [-0.15, -0.1) is 0 Å². The number of aromatic nitrogens is 3. The Morgan fingerprint density at radius 1 is 0.920 bits per heavy atom. The first-order valence-electron chi connectivity index (χ1n) is 7.57. The number of aromatic amines is 1. The number of H-pyrrole nitrogens is 1. The van der Waals surface area contributed by atoms with Crippen LogP contribution < -0.4 is 16.2 Å². The van der Waals surface area contributed by atoms with Gasteiger partial charge in [-0.05, 0) is 18.2 Å². The van der Waals surface area contributed by atoms with Crippen LogP contribution >= 0.6 is 0 Å². The summed E-state index contributed by atoms with van der Waals surface area (Å²) in [5, 5.41) is 12.4. The lowest BCUT2D eigenvalue weighted by Crippen LogP contribution is -2.39. The number of hydrogen-bond donors (Lipinski definition) is 3. The van der Waals surface area contributed by atoms with E-state index in [4.69, 9.17) is 0 Å². The second kappa shape index (κ2) is 7.35.